The van der Waals surface area contributed by atoms with E-state index in [-0.39, 0.29) is 18.3 Å². The third kappa shape index (κ3) is 4.08. The van der Waals surface area contributed by atoms with Gasteiger partial charge in [0.05, 0.1) is 0 Å². The summed E-state index contributed by atoms with van der Waals surface area (Å²) in [5.41, 5.74) is 0. The van der Waals surface area contributed by atoms with Gasteiger partial charge in [0.1, 0.15) is 0 Å². The van der Waals surface area contributed by atoms with Gasteiger partial charge in [0.2, 0.25) is 5.91 Å². The first-order valence-electron chi connectivity index (χ1n) is 7.48. The summed E-state index contributed by atoms with van der Waals surface area (Å²) in [4.78, 5) is 21.3. The Kier molecular flexibility index (Phi) is 6.26. The molecule has 0 aliphatic carbocycles. The van der Waals surface area contributed by atoms with Crippen molar-refractivity contribution >= 4 is 34.8 Å². The highest BCUT2D eigenvalue weighted by Crippen LogP contribution is 2.21. The third-order valence-electron chi connectivity index (χ3n) is 4.19. The molecule has 0 atom stereocenters. The Morgan fingerprint density at radius 1 is 1.24 bits per heavy atom. The molecule has 1 aromatic rings. The lowest BCUT2D eigenvalue weighted by Gasteiger charge is -2.28. The predicted molar refractivity (Wildman–Crippen MR) is 88.4 cm³/mol. The molecule has 2 aliphatic heterocycles. The van der Waals surface area contributed by atoms with Gasteiger partial charge in [0, 0.05) is 43.7 Å². The van der Waals surface area contributed by atoms with Gasteiger partial charge < -0.3 is 15.1 Å². The Morgan fingerprint density at radius 2 is 2.05 bits per heavy atom. The van der Waals surface area contributed by atoms with E-state index in [4.69, 9.17) is 0 Å². The number of aromatic nitrogens is 1. The average Bonchev–Trinajstić information content (AvgIpc) is 2.92. The highest BCUT2D eigenvalue weighted by atomic mass is 35.5. The van der Waals surface area contributed by atoms with Crippen LogP contribution >= 0.6 is 23.7 Å². The van der Waals surface area contributed by atoms with Crippen LogP contribution in [0.3, 0.4) is 0 Å². The van der Waals surface area contributed by atoms with Gasteiger partial charge in [-0.15, -0.1) is 23.7 Å². The van der Waals surface area contributed by atoms with Crippen molar-refractivity contribution in [2.75, 3.05) is 44.2 Å². The number of hydrogen-bond acceptors (Lipinski definition) is 5. The summed E-state index contributed by atoms with van der Waals surface area (Å²) in [7, 11) is 0. The zero-order chi connectivity index (χ0) is 13.8. The quantitative estimate of drug-likeness (QED) is 0.895. The van der Waals surface area contributed by atoms with E-state index in [0.717, 1.165) is 63.7 Å². The normalized spacial score (nSPS) is 20.8. The first kappa shape index (κ1) is 16.5. The molecule has 5 nitrogen and oxygen atoms in total. The Balaban J connectivity index is 0.00000161. The monoisotopic (exact) mass is 330 g/mol. The van der Waals surface area contributed by atoms with Gasteiger partial charge in [-0.2, -0.15) is 0 Å². The molecule has 2 saturated heterocycles. The van der Waals surface area contributed by atoms with Crippen LogP contribution in [0.2, 0.25) is 0 Å². The molecule has 3 rings (SSSR count). The SMILES string of the molecule is Cl.O=C(C1CCNCC1)N1CCCN(c2nccs2)CC1. The molecule has 1 amide bonds. The third-order valence-corrected chi connectivity index (χ3v) is 5.02. The van der Waals surface area contributed by atoms with Gasteiger partial charge in [-0.05, 0) is 32.4 Å². The molecule has 2 aliphatic rings. The molecule has 0 bridgehead atoms. The molecule has 0 radical (unpaired) electrons. The van der Waals surface area contributed by atoms with Crippen LogP contribution in [0.1, 0.15) is 19.3 Å². The van der Waals surface area contributed by atoms with Crippen molar-refractivity contribution < 1.29 is 4.79 Å². The van der Waals surface area contributed by atoms with Crippen LogP contribution < -0.4 is 10.2 Å². The lowest BCUT2D eigenvalue weighted by molar-refractivity contribution is -0.136. The molecular weight excluding hydrogens is 308 g/mol. The second kappa shape index (κ2) is 7.96. The lowest BCUT2D eigenvalue weighted by atomic mass is 9.96. The average molecular weight is 331 g/mol. The first-order valence-corrected chi connectivity index (χ1v) is 8.36. The second-order valence-corrected chi connectivity index (χ2v) is 6.38. The Bertz CT molecular complexity index is 436. The minimum absolute atomic E-state index is 0. The fraction of sp³-hybridized carbons (Fsp3) is 0.714. The Labute approximate surface area is 136 Å². The van der Waals surface area contributed by atoms with E-state index < -0.39 is 0 Å². The molecule has 2 fully saturated rings. The van der Waals surface area contributed by atoms with Crippen molar-refractivity contribution in [2.45, 2.75) is 19.3 Å². The number of halogens is 1. The van der Waals surface area contributed by atoms with E-state index in [1.165, 1.54) is 0 Å². The smallest absolute Gasteiger partial charge is 0.225 e. The fourth-order valence-electron chi connectivity index (χ4n) is 3.03. The summed E-state index contributed by atoms with van der Waals surface area (Å²) in [6, 6.07) is 0. The maximum absolute atomic E-state index is 12.6. The molecule has 0 saturated carbocycles. The number of carbonyl (C=O) groups excluding carboxylic acids is 1. The van der Waals surface area contributed by atoms with Crippen molar-refractivity contribution in [3.63, 3.8) is 0 Å². The van der Waals surface area contributed by atoms with Crippen molar-refractivity contribution in [1.82, 2.24) is 15.2 Å². The maximum Gasteiger partial charge on any atom is 0.225 e. The van der Waals surface area contributed by atoms with Crippen molar-refractivity contribution in [2.24, 2.45) is 5.92 Å². The van der Waals surface area contributed by atoms with Crippen LogP contribution in [0.15, 0.2) is 11.6 Å². The van der Waals surface area contributed by atoms with Crippen LogP contribution in [-0.4, -0.2) is 55.1 Å². The summed E-state index contributed by atoms with van der Waals surface area (Å²) in [5, 5.41) is 6.42. The summed E-state index contributed by atoms with van der Waals surface area (Å²) in [5.74, 6) is 0.607. The number of piperidine rings is 1. The lowest BCUT2D eigenvalue weighted by Crippen LogP contribution is -2.42. The summed E-state index contributed by atoms with van der Waals surface area (Å²) in [6.07, 6.45) is 4.87. The Morgan fingerprint density at radius 3 is 2.76 bits per heavy atom. The van der Waals surface area contributed by atoms with Crippen LogP contribution in [0.25, 0.3) is 0 Å². The van der Waals surface area contributed by atoms with Crippen LogP contribution in [0.4, 0.5) is 5.13 Å². The molecule has 0 spiro atoms. The highest BCUT2D eigenvalue weighted by Gasteiger charge is 2.27. The largest absolute Gasteiger partial charge is 0.346 e. The highest BCUT2D eigenvalue weighted by molar-refractivity contribution is 7.13. The van der Waals surface area contributed by atoms with Gasteiger partial charge in [0.25, 0.3) is 0 Å². The van der Waals surface area contributed by atoms with Crippen LogP contribution in [-0.2, 0) is 4.79 Å². The number of nitrogens with zero attached hydrogens (tertiary/aromatic N) is 3. The number of carbonyl (C=O) groups is 1. The van der Waals surface area contributed by atoms with Crippen molar-refractivity contribution in [3.8, 4) is 0 Å². The van der Waals surface area contributed by atoms with E-state index in [1.54, 1.807) is 11.3 Å². The van der Waals surface area contributed by atoms with E-state index >= 15 is 0 Å². The molecule has 0 unspecified atom stereocenters. The zero-order valence-electron chi connectivity index (χ0n) is 12.2. The van der Waals surface area contributed by atoms with Gasteiger partial charge >= 0.3 is 0 Å². The van der Waals surface area contributed by atoms with E-state index in [1.807, 2.05) is 11.6 Å². The molecule has 21 heavy (non-hydrogen) atoms. The molecule has 3 heterocycles. The number of amides is 1. The van der Waals surface area contributed by atoms with Gasteiger partial charge in [-0.25, -0.2) is 4.98 Å². The molecule has 0 aromatic carbocycles. The molecule has 118 valence electrons. The minimum atomic E-state index is 0. The topological polar surface area (TPSA) is 48.5 Å². The van der Waals surface area contributed by atoms with E-state index in [9.17, 15) is 4.79 Å². The van der Waals surface area contributed by atoms with Gasteiger partial charge in [-0.1, -0.05) is 0 Å². The molecular formula is C14H23ClN4OS. The number of rotatable bonds is 2. The summed E-state index contributed by atoms with van der Waals surface area (Å²) < 4.78 is 0. The van der Waals surface area contributed by atoms with Crippen LogP contribution in [0, 0.1) is 5.92 Å². The summed E-state index contributed by atoms with van der Waals surface area (Å²) >= 11 is 1.68. The van der Waals surface area contributed by atoms with E-state index in [0.29, 0.717) is 5.91 Å². The Hall–Kier alpha value is -0.850. The first-order chi connectivity index (χ1) is 9.84. The second-order valence-electron chi connectivity index (χ2n) is 5.50. The minimum Gasteiger partial charge on any atom is -0.346 e. The number of thiazole rings is 1. The summed E-state index contributed by atoms with van der Waals surface area (Å²) in [6.45, 7) is 5.60. The molecule has 7 heteroatoms. The van der Waals surface area contributed by atoms with Crippen molar-refractivity contribution in [1.29, 1.82) is 0 Å². The van der Waals surface area contributed by atoms with Gasteiger partial charge in [-0.3, -0.25) is 4.79 Å². The molecule has 1 N–H and O–H groups in total. The number of hydrogen-bond donors (Lipinski definition) is 1. The predicted octanol–water partition coefficient (Wildman–Crippen LogP) is 1.60. The number of nitrogens with one attached hydrogen (secondary N) is 1. The zero-order valence-corrected chi connectivity index (χ0v) is 13.8. The standard InChI is InChI=1S/C14H22N4OS.ClH/c19-13(12-2-4-15-5-3-12)17-7-1-8-18(10-9-17)14-16-6-11-20-14;/h6,11-12,15H,1-5,7-10H2;1H. The fourth-order valence-corrected chi connectivity index (χ4v) is 3.73. The number of anilines is 1. The maximum atomic E-state index is 12.6. The van der Waals surface area contributed by atoms with Gasteiger partial charge in [0.15, 0.2) is 5.13 Å². The molecule has 1 aromatic heterocycles. The van der Waals surface area contributed by atoms with Crippen LogP contribution in [0.5, 0.6) is 0 Å². The van der Waals surface area contributed by atoms with E-state index in [2.05, 4.69) is 20.1 Å². The van der Waals surface area contributed by atoms with Crippen molar-refractivity contribution in [3.05, 3.63) is 11.6 Å².